The van der Waals surface area contributed by atoms with Gasteiger partial charge in [-0.15, -0.1) is 0 Å². The van der Waals surface area contributed by atoms with Gasteiger partial charge in [-0.3, -0.25) is 4.79 Å². The topological polar surface area (TPSA) is 78.8 Å². The molecule has 0 saturated heterocycles. The number of aromatic hydroxyl groups is 1. The molecule has 0 spiro atoms. The SMILES string of the molecule is Cc1cc(O)ccc1C(=O)NCCOCCO. The van der Waals surface area contributed by atoms with Crippen molar-refractivity contribution in [1.82, 2.24) is 5.32 Å². The quantitative estimate of drug-likeness (QED) is 0.629. The highest BCUT2D eigenvalue weighted by Gasteiger charge is 2.08. The maximum absolute atomic E-state index is 11.7. The number of aryl methyl sites for hydroxylation is 1. The number of aliphatic hydroxyl groups is 1. The molecule has 3 N–H and O–H groups in total. The van der Waals surface area contributed by atoms with Gasteiger partial charge in [-0.05, 0) is 30.7 Å². The number of phenols is 1. The Morgan fingerprint density at radius 3 is 2.82 bits per heavy atom. The lowest BCUT2D eigenvalue weighted by molar-refractivity contribution is 0.0837. The van der Waals surface area contributed by atoms with E-state index >= 15 is 0 Å². The van der Waals surface area contributed by atoms with Crippen molar-refractivity contribution >= 4 is 5.91 Å². The first-order chi connectivity index (χ1) is 8.15. The molecule has 0 aliphatic rings. The van der Waals surface area contributed by atoms with Crippen LogP contribution in [0, 0.1) is 6.92 Å². The summed E-state index contributed by atoms with van der Waals surface area (Å²) in [7, 11) is 0. The summed E-state index contributed by atoms with van der Waals surface area (Å²) < 4.78 is 5.01. The molecule has 5 nitrogen and oxygen atoms in total. The van der Waals surface area contributed by atoms with Crippen LogP contribution in [0.5, 0.6) is 5.75 Å². The molecular weight excluding hydrogens is 222 g/mol. The fraction of sp³-hybridized carbons (Fsp3) is 0.417. The van der Waals surface area contributed by atoms with Gasteiger partial charge in [0.1, 0.15) is 5.75 Å². The standard InChI is InChI=1S/C12H17NO4/c1-9-8-10(15)2-3-11(9)12(16)13-4-6-17-7-5-14/h2-3,8,14-15H,4-7H2,1H3,(H,13,16). The summed E-state index contributed by atoms with van der Waals surface area (Å²) in [5.74, 6) is -0.0552. The van der Waals surface area contributed by atoms with Crippen LogP contribution >= 0.6 is 0 Å². The minimum absolute atomic E-state index is 0.0228. The molecule has 0 aliphatic heterocycles. The van der Waals surface area contributed by atoms with Gasteiger partial charge in [0.25, 0.3) is 5.91 Å². The van der Waals surface area contributed by atoms with E-state index in [1.165, 1.54) is 12.1 Å². The fourth-order valence-electron chi connectivity index (χ4n) is 1.40. The van der Waals surface area contributed by atoms with Crippen molar-refractivity contribution in [3.05, 3.63) is 29.3 Å². The smallest absolute Gasteiger partial charge is 0.251 e. The molecule has 0 saturated carbocycles. The van der Waals surface area contributed by atoms with E-state index < -0.39 is 0 Å². The van der Waals surface area contributed by atoms with E-state index in [1.54, 1.807) is 13.0 Å². The van der Waals surface area contributed by atoms with E-state index in [0.717, 1.165) is 5.56 Å². The van der Waals surface area contributed by atoms with Crippen molar-refractivity contribution in [2.75, 3.05) is 26.4 Å². The van der Waals surface area contributed by atoms with Crippen molar-refractivity contribution in [3.8, 4) is 5.75 Å². The largest absolute Gasteiger partial charge is 0.508 e. The molecule has 0 atom stereocenters. The maximum atomic E-state index is 11.7. The van der Waals surface area contributed by atoms with E-state index in [0.29, 0.717) is 18.7 Å². The number of hydrogen-bond donors (Lipinski definition) is 3. The number of rotatable bonds is 6. The molecule has 1 rings (SSSR count). The average Bonchev–Trinajstić information content (AvgIpc) is 2.28. The van der Waals surface area contributed by atoms with E-state index in [2.05, 4.69) is 5.32 Å². The van der Waals surface area contributed by atoms with Gasteiger partial charge in [0.2, 0.25) is 0 Å². The molecule has 17 heavy (non-hydrogen) atoms. The molecule has 5 heteroatoms. The van der Waals surface area contributed by atoms with Crippen LogP contribution in [0.25, 0.3) is 0 Å². The monoisotopic (exact) mass is 239 g/mol. The number of nitrogens with one attached hydrogen (secondary N) is 1. The first kappa shape index (κ1) is 13.5. The van der Waals surface area contributed by atoms with Gasteiger partial charge in [-0.25, -0.2) is 0 Å². The number of amides is 1. The molecular formula is C12H17NO4. The molecule has 1 amide bonds. The highest BCUT2D eigenvalue weighted by atomic mass is 16.5. The molecule has 0 fully saturated rings. The first-order valence-corrected chi connectivity index (χ1v) is 5.41. The lowest BCUT2D eigenvalue weighted by Crippen LogP contribution is -2.28. The third-order valence-corrected chi connectivity index (χ3v) is 2.22. The molecule has 0 bridgehead atoms. The number of benzene rings is 1. The normalized spacial score (nSPS) is 10.2. The molecule has 1 aromatic rings. The Morgan fingerprint density at radius 1 is 1.41 bits per heavy atom. The average molecular weight is 239 g/mol. The van der Waals surface area contributed by atoms with Crippen LogP contribution in [0.4, 0.5) is 0 Å². The van der Waals surface area contributed by atoms with Crippen LogP contribution in [0.3, 0.4) is 0 Å². The van der Waals surface area contributed by atoms with Gasteiger partial charge in [-0.2, -0.15) is 0 Å². The van der Waals surface area contributed by atoms with Crippen molar-refractivity contribution < 1.29 is 19.7 Å². The second-order valence-electron chi connectivity index (χ2n) is 3.59. The molecule has 0 unspecified atom stereocenters. The van der Waals surface area contributed by atoms with Gasteiger partial charge in [0.05, 0.1) is 19.8 Å². The molecule has 0 aromatic heterocycles. The second kappa shape index (κ2) is 6.88. The third kappa shape index (κ3) is 4.42. The number of phenolic OH excluding ortho intramolecular Hbond substituents is 1. The Bertz CT molecular complexity index is 379. The summed E-state index contributed by atoms with van der Waals surface area (Å²) in [5, 5.41) is 20.4. The lowest BCUT2D eigenvalue weighted by atomic mass is 10.1. The minimum atomic E-state index is -0.199. The van der Waals surface area contributed by atoms with Crippen molar-refractivity contribution in [2.45, 2.75) is 6.92 Å². The van der Waals surface area contributed by atoms with E-state index in [4.69, 9.17) is 9.84 Å². The van der Waals surface area contributed by atoms with Gasteiger partial charge in [0, 0.05) is 12.1 Å². The Labute approximate surface area is 100 Å². The van der Waals surface area contributed by atoms with Gasteiger partial charge < -0.3 is 20.3 Å². The third-order valence-electron chi connectivity index (χ3n) is 2.22. The number of ether oxygens (including phenoxy) is 1. The molecule has 0 aliphatic carbocycles. The number of aliphatic hydroxyl groups excluding tert-OH is 1. The van der Waals surface area contributed by atoms with Crippen LogP contribution in [0.2, 0.25) is 0 Å². The summed E-state index contributed by atoms with van der Waals surface area (Å²) in [6.45, 7) is 2.76. The second-order valence-corrected chi connectivity index (χ2v) is 3.59. The predicted octanol–water partition coefficient (Wildman–Crippen LogP) is 0.439. The zero-order valence-corrected chi connectivity index (χ0v) is 9.77. The lowest BCUT2D eigenvalue weighted by Gasteiger charge is -2.08. The summed E-state index contributed by atoms with van der Waals surface area (Å²) in [4.78, 5) is 11.7. The van der Waals surface area contributed by atoms with E-state index in [9.17, 15) is 9.90 Å². The number of carbonyl (C=O) groups excluding carboxylic acids is 1. The summed E-state index contributed by atoms with van der Waals surface area (Å²) in [5.41, 5.74) is 1.25. The van der Waals surface area contributed by atoms with Gasteiger partial charge in [-0.1, -0.05) is 0 Å². The highest BCUT2D eigenvalue weighted by molar-refractivity contribution is 5.95. The van der Waals surface area contributed by atoms with E-state index in [1.807, 2.05) is 0 Å². The Morgan fingerprint density at radius 2 is 2.18 bits per heavy atom. The van der Waals surface area contributed by atoms with Crippen LogP contribution in [-0.2, 0) is 4.74 Å². The Hall–Kier alpha value is -1.59. The van der Waals surface area contributed by atoms with Crippen LogP contribution in [0.15, 0.2) is 18.2 Å². The molecule has 0 heterocycles. The van der Waals surface area contributed by atoms with Crippen molar-refractivity contribution in [3.63, 3.8) is 0 Å². The number of carbonyl (C=O) groups is 1. The van der Waals surface area contributed by atoms with E-state index in [-0.39, 0.29) is 24.9 Å². The van der Waals surface area contributed by atoms with Gasteiger partial charge >= 0.3 is 0 Å². The summed E-state index contributed by atoms with van der Waals surface area (Å²) in [6.07, 6.45) is 0. The van der Waals surface area contributed by atoms with Crippen LogP contribution in [-0.4, -0.2) is 42.5 Å². The highest BCUT2D eigenvalue weighted by Crippen LogP contribution is 2.15. The van der Waals surface area contributed by atoms with Crippen LogP contribution in [0.1, 0.15) is 15.9 Å². The minimum Gasteiger partial charge on any atom is -0.508 e. The first-order valence-electron chi connectivity index (χ1n) is 5.41. The fourth-order valence-corrected chi connectivity index (χ4v) is 1.40. The molecule has 94 valence electrons. The Balaban J connectivity index is 2.42. The molecule has 1 aromatic carbocycles. The number of hydrogen-bond acceptors (Lipinski definition) is 4. The summed E-state index contributed by atoms with van der Waals surface area (Å²) >= 11 is 0. The molecule has 0 radical (unpaired) electrons. The summed E-state index contributed by atoms with van der Waals surface area (Å²) in [6, 6.07) is 4.59. The maximum Gasteiger partial charge on any atom is 0.251 e. The zero-order chi connectivity index (χ0) is 12.7. The van der Waals surface area contributed by atoms with Crippen molar-refractivity contribution in [1.29, 1.82) is 0 Å². The van der Waals surface area contributed by atoms with Crippen LogP contribution < -0.4 is 5.32 Å². The Kier molecular flexibility index (Phi) is 5.45. The van der Waals surface area contributed by atoms with Crippen molar-refractivity contribution in [2.24, 2.45) is 0 Å². The predicted molar refractivity (Wildman–Crippen MR) is 63.1 cm³/mol. The zero-order valence-electron chi connectivity index (χ0n) is 9.77. The van der Waals surface area contributed by atoms with Gasteiger partial charge in [0.15, 0.2) is 0 Å².